The van der Waals surface area contributed by atoms with Gasteiger partial charge in [0.15, 0.2) is 5.95 Å². The molecule has 0 bridgehead atoms. The Morgan fingerprint density at radius 1 is 0.968 bits per heavy atom. The molecular formula is C17H16N6O8. The summed E-state index contributed by atoms with van der Waals surface area (Å²) in [5.41, 5.74) is 5.92. The highest BCUT2D eigenvalue weighted by molar-refractivity contribution is 6.05. The lowest BCUT2D eigenvalue weighted by atomic mass is 10.0. The van der Waals surface area contributed by atoms with Crippen LogP contribution in [0.25, 0.3) is 11.0 Å². The van der Waals surface area contributed by atoms with Crippen molar-refractivity contribution in [3.8, 4) is 0 Å². The van der Waals surface area contributed by atoms with Gasteiger partial charge in [-0.1, -0.05) is 0 Å². The summed E-state index contributed by atoms with van der Waals surface area (Å²) in [5, 5.41) is 54.6. The zero-order valence-electron chi connectivity index (χ0n) is 15.4. The third kappa shape index (κ3) is 4.12. The van der Waals surface area contributed by atoms with E-state index in [4.69, 9.17) is 5.73 Å². The SMILES string of the molecule is Nc1nc2ccc(NC(=O)C(O)(O)C(O)(O)C(=O)Nc3ccc([N+](=O)[O-])cc3)cc2[nH]1. The fraction of sp³-hybridized carbons (Fsp3) is 0.118. The van der Waals surface area contributed by atoms with E-state index < -0.39 is 28.3 Å². The summed E-state index contributed by atoms with van der Waals surface area (Å²) in [5.74, 6) is -11.4. The fourth-order valence-electron chi connectivity index (χ4n) is 2.53. The highest BCUT2D eigenvalue weighted by Crippen LogP contribution is 2.24. The summed E-state index contributed by atoms with van der Waals surface area (Å²) in [6.45, 7) is 0. The second-order valence-corrected chi connectivity index (χ2v) is 6.41. The molecule has 162 valence electrons. The van der Waals surface area contributed by atoms with Crippen LogP contribution < -0.4 is 16.4 Å². The molecule has 2 amide bonds. The smallest absolute Gasteiger partial charge is 0.310 e. The van der Waals surface area contributed by atoms with Gasteiger partial charge >= 0.3 is 11.6 Å². The molecule has 1 aromatic heterocycles. The number of nitro groups is 1. The Morgan fingerprint density at radius 2 is 1.48 bits per heavy atom. The van der Waals surface area contributed by atoms with E-state index in [2.05, 4.69) is 9.97 Å². The molecule has 9 N–H and O–H groups in total. The molecule has 0 aliphatic heterocycles. The maximum absolute atomic E-state index is 12.3. The molecule has 0 fully saturated rings. The number of anilines is 3. The summed E-state index contributed by atoms with van der Waals surface area (Å²) in [6, 6.07) is 8.26. The van der Waals surface area contributed by atoms with E-state index >= 15 is 0 Å². The number of nitro benzene ring substituents is 1. The number of nitrogens with zero attached hydrogens (tertiary/aromatic N) is 2. The van der Waals surface area contributed by atoms with Gasteiger partial charge in [-0.25, -0.2) is 4.98 Å². The first-order chi connectivity index (χ1) is 14.4. The first kappa shape index (κ1) is 21.6. The number of hydrogen-bond acceptors (Lipinski definition) is 10. The molecule has 0 atom stereocenters. The van der Waals surface area contributed by atoms with E-state index in [-0.39, 0.29) is 23.0 Å². The zero-order valence-corrected chi connectivity index (χ0v) is 15.4. The van der Waals surface area contributed by atoms with Crippen LogP contribution in [0.5, 0.6) is 0 Å². The Balaban J connectivity index is 1.75. The van der Waals surface area contributed by atoms with Gasteiger partial charge in [0.1, 0.15) is 0 Å². The number of carbonyl (C=O) groups excluding carboxylic acids is 2. The molecule has 1 heterocycles. The molecule has 0 saturated carbocycles. The Morgan fingerprint density at radius 3 is 2.03 bits per heavy atom. The third-order valence-electron chi connectivity index (χ3n) is 4.21. The summed E-state index contributed by atoms with van der Waals surface area (Å²) < 4.78 is 0. The second-order valence-electron chi connectivity index (χ2n) is 6.41. The number of hydrogen-bond donors (Lipinski definition) is 8. The summed E-state index contributed by atoms with van der Waals surface area (Å²) in [6.07, 6.45) is 0. The lowest BCUT2D eigenvalue weighted by molar-refractivity contribution is -0.384. The van der Waals surface area contributed by atoms with Gasteiger partial charge in [0.05, 0.1) is 16.0 Å². The molecule has 0 saturated heterocycles. The number of rotatable bonds is 6. The number of aromatic amines is 1. The number of nitrogen functional groups attached to an aromatic ring is 1. The van der Waals surface area contributed by atoms with E-state index in [1.54, 1.807) is 0 Å². The maximum atomic E-state index is 12.3. The quantitative estimate of drug-likeness (QED) is 0.134. The second kappa shape index (κ2) is 7.62. The van der Waals surface area contributed by atoms with Crippen molar-refractivity contribution in [1.82, 2.24) is 9.97 Å². The molecule has 2 aromatic carbocycles. The molecule has 0 spiro atoms. The van der Waals surface area contributed by atoms with Gasteiger partial charge in [0, 0.05) is 23.5 Å². The van der Waals surface area contributed by atoms with E-state index in [1.165, 1.54) is 18.2 Å². The van der Waals surface area contributed by atoms with Crippen molar-refractivity contribution in [2.75, 3.05) is 16.4 Å². The highest BCUT2D eigenvalue weighted by Gasteiger charge is 2.59. The molecule has 3 rings (SSSR count). The minimum atomic E-state index is -4.00. The maximum Gasteiger partial charge on any atom is 0.310 e. The van der Waals surface area contributed by atoms with Gasteiger partial charge in [-0.05, 0) is 30.3 Å². The number of fused-ring (bicyclic) bond motifs is 1. The van der Waals surface area contributed by atoms with Crippen LogP contribution in [0.2, 0.25) is 0 Å². The first-order valence-electron chi connectivity index (χ1n) is 8.44. The zero-order chi connectivity index (χ0) is 23.0. The van der Waals surface area contributed by atoms with Gasteiger partial charge < -0.3 is 41.8 Å². The van der Waals surface area contributed by atoms with Crippen LogP contribution >= 0.6 is 0 Å². The van der Waals surface area contributed by atoms with Crippen molar-refractivity contribution >= 4 is 45.9 Å². The number of H-pyrrole nitrogens is 1. The van der Waals surface area contributed by atoms with Crippen molar-refractivity contribution < 1.29 is 34.9 Å². The summed E-state index contributed by atoms with van der Waals surface area (Å²) in [7, 11) is 0. The monoisotopic (exact) mass is 432 g/mol. The number of non-ortho nitro benzene ring substituents is 1. The molecule has 3 aromatic rings. The minimum absolute atomic E-state index is 0.000187. The molecule has 0 radical (unpaired) electrons. The average molecular weight is 432 g/mol. The topological polar surface area (TPSA) is 237 Å². The predicted octanol–water partition coefficient (Wildman–Crippen LogP) is -1.01. The number of nitrogens with one attached hydrogen (secondary N) is 3. The van der Waals surface area contributed by atoms with Crippen LogP contribution in [0, 0.1) is 10.1 Å². The van der Waals surface area contributed by atoms with E-state index in [1.807, 2.05) is 10.6 Å². The fourth-order valence-corrected chi connectivity index (χ4v) is 2.53. The van der Waals surface area contributed by atoms with Crippen LogP contribution in [-0.4, -0.2) is 58.7 Å². The Hall–Kier alpha value is -4.11. The van der Waals surface area contributed by atoms with Crippen LogP contribution in [0.1, 0.15) is 0 Å². The van der Waals surface area contributed by atoms with Crippen molar-refractivity contribution in [1.29, 1.82) is 0 Å². The van der Waals surface area contributed by atoms with Gasteiger partial charge in [-0.15, -0.1) is 0 Å². The van der Waals surface area contributed by atoms with Crippen molar-refractivity contribution in [2.24, 2.45) is 0 Å². The van der Waals surface area contributed by atoms with E-state index in [0.29, 0.717) is 11.0 Å². The molecule has 14 heteroatoms. The number of nitrogens with two attached hydrogens (primary N) is 1. The molecule has 31 heavy (non-hydrogen) atoms. The molecular weight excluding hydrogens is 416 g/mol. The number of carbonyl (C=O) groups is 2. The van der Waals surface area contributed by atoms with Crippen molar-refractivity contribution in [3.63, 3.8) is 0 Å². The highest BCUT2D eigenvalue weighted by atomic mass is 16.6. The van der Waals surface area contributed by atoms with Crippen molar-refractivity contribution in [3.05, 3.63) is 52.6 Å². The average Bonchev–Trinajstić information content (AvgIpc) is 3.07. The standard InChI is InChI=1S/C17H16N6O8/c18-15-21-11-6-3-9(7-12(11)22-15)20-14(25)17(28,29)16(26,27)13(24)19-8-1-4-10(5-2-8)23(30)31/h1-7,26-29H,(H,19,24)(H,20,25)(H3,18,21,22). The summed E-state index contributed by atoms with van der Waals surface area (Å²) in [4.78, 5) is 41.0. The molecule has 0 aliphatic rings. The molecule has 14 nitrogen and oxygen atoms in total. The van der Waals surface area contributed by atoms with Gasteiger partial charge in [-0.3, -0.25) is 19.7 Å². The number of aliphatic hydroxyl groups is 4. The first-order valence-corrected chi connectivity index (χ1v) is 8.44. The third-order valence-corrected chi connectivity index (χ3v) is 4.21. The Kier molecular flexibility index (Phi) is 5.31. The number of amides is 2. The van der Waals surface area contributed by atoms with Crippen LogP contribution in [0.15, 0.2) is 42.5 Å². The normalized spacial score (nSPS) is 11.9. The van der Waals surface area contributed by atoms with Gasteiger partial charge in [0.25, 0.3) is 17.5 Å². The minimum Gasteiger partial charge on any atom is -0.369 e. The molecule has 0 unspecified atom stereocenters. The molecule has 0 aliphatic carbocycles. The van der Waals surface area contributed by atoms with Crippen LogP contribution in [0.3, 0.4) is 0 Å². The largest absolute Gasteiger partial charge is 0.369 e. The van der Waals surface area contributed by atoms with Crippen LogP contribution in [-0.2, 0) is 9.59 Å². The lowest BCUT2D eigenvalue weighted by Gasteiger charge is -2.32. The van der Waals surface area contributed by atoms with Crippen LogP contribution in [0.4, 0.5) is 23.0 Å². The van der Waals surface area contributed by atoms with Gasteiger partial charge in [0.2, 0.25) is 0 Å². The van der Waals surface area contributed by atoms with E-state index in [9.17, 15) is 40.1 Å². The Bertz CT molecular complexity index is 1170. The Labute approximate surface area is 172 Å². The lowest BCUT2D eigenvalue weighted by Crippen LogP contribution is -2.66. The predicted molar refractivity (Wildman–Crippen MR) is 105 cm³/mol. The number of aromatic nitrogens is 2. The number of imidazole rings is 1. The van der Waals surface area contributed by atoms with Crippen molar-refractivity contribution in [2.45, 2.75) is 11.6 Å². The van der Waals surface area contributed by atoms with Gasteiger partial charge in [-0.2, -0.15) is 0 Å². The van der Waals surface area contributed by atoms with E-state index in [0.717, 1.165) is 24.3 Å². The summed E-state index contributed by atoms with van der Waals surface area (Å²) >= 11 is 0. The number of benzene rings is 2.